The lowest BCUT2D eigenvalue weighted by molar-refractivity contribution is -0.0979. The van der Waals surface area contributed by atoms with E-state index in [1.807, 2.05) is 19.8 Å². The molecule has 0 radical (unpaired) electrons. The number of nitrogens with zero attached hydrogens (tertiary/aromatic N) is 2. The van der Waals surface area contributed by atoms with Crippen molar-refractivity contribution in [2.24, 2.45) is 0 Å². The first-order chi connectivity index (χ1) is 4.39. The summed E-state index contributed by atoms with van der Waals surface area (Å²) in [5, 5.41) is 7.23. The van der Waals surface area contributed by atoms with E-state index in [9.17, 15) is 0 Å². The minimum atomic E-state index is 1.15. The minimum absolute atomic E-state index is 1.15. The third-order valence-corrected chi connectivity index (χ3v) is 0.732. The fourth-order valence-electron chi connectivity index (χ4n) is 0.357. The van der Waals surface area contributed by atoms with Gasteiger partial charge in [-0.2, -0.15) is 10.2 Å². The summed E-state index contributed by atoms with van der Waals surface area (Å²) >= 11 is 0. The van der Waals surface area contributed by atoms with E-state index in [-0.39, 0.29) is 0 Å². The van der Waals surface area contributed by atoms with Crippen LogP contribution in [0.3, 0.4) is 0 Å². The third kappa shape index (κ3) is 3.34. The van der Waals surface area contributed by atoms with Gasteiger partial charge in [-0.3, -0.25) is 0 Å². The molecule has 0 aliphatic rings. The van der Waals surface area contributed by atoms with Gasteiger partial charge in [-0.25, -0.2) is 0 Å². The quantitative estimate of drug-likeness (QED) is 0.508. The maximum Gasteiger partial charge on any atom is 0.106 e. The monoisotopic (exact) mass is 124 g/mol. The number of rotatable bonds is 0. The number of hydrogen-bond acceptors (Lipinski definition) is 3. The fraction of sp³-hybridized carbons (Fsp3) is 0.167. The molecule has 0 bridgehead atoms. The summed E-state index contributed by atoms with van der Waals surface area (Å²) in [4.78, 5) is 8.00. The first-order valence-electron chi connectivity index (χ1n) is 2.42. The highest BCUT2D eigenvalue weighted by atomic mass is 16.1. The van der Waals surface area contributed by atoms with Crippen molar-refractivity contribution in [2.45, 2.75) is 6.92 Å². The van der Waals surface area contributed by atoms with E-state index in [2.05, 4.69) is 10.2 Å². The van der Waals surface area contributed by atoms with Gasteiger partial charge in [-0.1, -0.05) is 0 Å². The van der Waals surface area contributed by atoms with E-state index in [0.717, 1.165) is 5.56 Å². The van der Waals surface area contributed by atoms with Crippen molar-refractivity contribution in [3.05, 3.63) is 24.0 Å². The molecule has 48 valence electrons. The average molecular weight is 124 g/mol. The molecule has 0 N–H and O–H groups in total. The Labute approximate surface area is 53.7 Å². The van der Waals surface area contributed by atoms with Gasteiger partial charge in [0.1, 0.15) is 6.79 Å². The number of carbonyl (C=O) groups excluding carboxylic acids is 1. The summed E-state index contributed by atoms with van der Waals surface area (Å²) in [5.41, 5.74) is 1.15. The second kappa shape index (κ2) is 4.90. The molecule has 0 amide bonds. The SMILES string of the molecule is C=O.Cc1ccnnc1. The van der Waals surface area contributed by atoms with Gasteiger partial charge in [-0.05, 0) is 18.6 Å². The van der Waals surface area contributed by atoms with Crippen LogP contribution in [0.25, 0.3) is 0 Å². The predicted octanol–water partition coefficient (Wildman–Crippen LogP) is 0.600. The predicted molar refractivity (Wildman–Crippen MR) is 33.9 cm³/mol. The molecule has 3 heteroatoms. The molecule has 0 atom stereocenters. The Hall–Kier alpha value is -1.25. The topological polar surface area (TPSA) is 42.9 Å². The van der Waals surface area contributed by atoms with Crippen LogP contribution in [0.15, 0.2) is 18.5 Å². The number of aromatic nitrogens is 2. The van der Waals surface area contributed by atoms with Crippen LogP contribution in [0.2, 0.25) is 0 Å². The van der Waals surface area contributed by atoms with E-state index in [0.29, 0.717) is 0 Å². The standard InChI is InChI=1S/C5H6N2.CH2O/c1-5-2-3-6-7-4-5;1-2/h2-4H,1H3;1H2. The minimum Gasteiger partial charge on any atom is -0.307 e. The molecule has 0 fully saturated rings. The zero-order chi connectivity index (χ0) is 7.11. The van der Waals surface area contributed by atoms with Gasteiger partial charge in [0, 0.05) is 6.20 Å². The molecule has 0 saturated heterocycles. The Balaban J connectivity index is 0.000000291. The second-order valence-corrected chi connectivity index (χ2v) is 1.42. The Morgan fingerprint density at radius 3 is 2.33 bits per heavy atom. The molecule has 1 rings (SSSR count). The van der Waals surface area contributed by atoms with Gasteiger partial charge in [0.2, 0.25) is 0 Å². The largest absolute Gasteiger partial charge is 0.307 e. The van der Waals surface area contributed by atoms with Crippen LogP contribution >= 0.6 is 0 Å². The van der Waals surface area contributed by atoms with Crippen LogP contribution < -0.4 is 0 Å². The molecule has 0 unspecified atom stereocenters. The molecule has 1 aromatic rings. The van der Waals surface area contributed by atoms with Crippen molar-refractivity contribution in [2.75, 3.05) is 0 Å². The maximum absolute atomic E-state index is 8.00. The van der Waals surface area contributed by atoms with Crippen molar-refractivity contribution >= 4 is 6.79 Å². The van der Waals surface area contributed by atoms with Crippen molar-refractivity contribution in [3.8, 4) is 0 Å². The number of aryl methyl sites for hydroxylation is 1. The van der Waals surface area contributed by atoms with Crippen LogP contribution in [0.5, 0.6) is 0 Å². The summed E-state index contributed by atoms with van der Waals surface area (Å²) in [5.74, 6) is 0. The summed E-state index contributed by atoms with van der Waals surface area (Å²) in [6.45, 7) is 3.98. The lowest BCUT2D eigenvalue weighted by atomic mass is 10.4. The zero-order valence-corrected chi connectivity index (χ0v) is 5.24. The summed E-state index contributed by atoms with van der Waals surface area (Å²) < 4.78 is 0. The van der Waals surface area contributed by atoms with Gasteiger partial charge in [0.05, 0.1) is 6.20 Å². The van der Waals surface area contributed by atoms with Crippen LogP contribution in [-0.2, 0) is 4.79 Å². The van der Waals surface area contributed by atoms with E-state index >= 15 is 0 Å². The first-order valence-corrected chi connectivity index (χ1v) is 2.42. The second-order valence-electron chi connectivity index (χ2n) is 1.42. The van der Waals surface area contributed by atoms with Crippen LogP contribution in [0.1, 0.15) is 5.56 Å². The van der Waals surface area contributed by atoms with Gasteiger partial charge in [0.15, 0.2) is 0 Å². The van der Waals surface area contributed by atoms with Gasteiger partial charge < -0.3 is 4.79 Å². The summed E-state index contributed by atoms with van der Waals surface area (Å²) in [6, 6.07) is 1.91. The molecule has 9 heavy (non-hydrogen) atoms. The highest BCUT2D eigenvalue weighted by Gasteiger charge is 1.74. The van der Waals surface area contributed by atoms with Crippen molar-refractivity contribution in [1.29, 1.82) is 0 Å². The fourth-order valence-corrected chi connectivity index (χ4v) is 0.357. The van der Waals surface area contributed by atoms with Gasteiger partial charge >= 0.3 is 0 Å². The Morgan fingerprint density at radius 2 is 2.11 bits per heavy atom. The highest BCUT2D eigenvalue weighted by molar-refractivity contribution is 5.11. The van der Waals surface area contributed by atoms with E-state index in [1.54, 1.807) is 12.4 Å². The zero-order valence-electron chi connectivity index (χ0n) is 5.24. The molecule has 0 aliphatic heterocycles. The van der Waals surface area contributed by atoms with Crippen molar-refractivity contribution < 1.29 is 4.79 Å². The first kappa shape index (κ1) is 7.75. The van der Waals surface area contributed by atoms with Crippen LogP contribution in [0.4, 0.5) is 0 Å². The third-order valence-electron chi connectivity index (χ3n) is 0.732. The van der Waals surface area contributed by atoms with Gasteiger partial charge in [0.25, 0.3) is 0 Å². The van der Waals surface area contributed by atoms with E-state index in [4.69, 9.17) is 4.79 Å². The van der Waals surface area contributed by atoms with E-state index in [1.165, 1.54) is 0 Å². The molecular formula is C6H8N2O. The Morgan fingerprint density at radius 1 is 1.44 bits per heavy atom. The van der Waals surface area contributed by atoms with Crippen molar-refractivity contribution in [1.82, 2.24) is 10.2 Å². The molecule has 1 aromatic heterocycles. The molecule has 1 heterocycles. The Bertz CT molecular complexity index is 152. The van der Waals surface area contributed by atoms with Crippen molar-refractivity contribution in [3.63, 3.8) is 0 Å². The lowest BCUT2D eigenvalue weighted by Crippen LogP contribution is -1.76. The van der Waals surface area contributed by atoms with E-state index < -0.39 is 0 Å². The smallest absolute Gasteiger partial charge is 0.106 e. The highest BCUT2D eigenvalue weighted by Crippen LogP contribution is 1.85. The Kier molecular flexibility index (Phi) is 4.22. The molecule has 0 spiro atoms. The van der Waals surface area contributed by atoms with Gasteiger partial charge in [-0.15, -0.1) is 0 Å². The molecule has 0 saturated carbocycles. The average Bonchev–Trinajstić information content (AvgIpc) is 1.94. The lowest BCUT2D eigenvalue weighted by Gasteiger charge is -1.80. The summed E-state index contributed by atoms with van der Waals surface area (Å²) in [6.07, 6.45) is 3.40. The summed E-state index contributed by atoms with van der Waals surface area (Å²) in [7, 11) is 0. The van der Waals surface area contributed by atoms with Crippen LogP contribution in [-0.4, -0.2) is 17.0 Å². The number of carbonyl (C=O) groups is 1. The molecule has 0 aliphatic carbocycles. The maximum atomic E-state index is 8.00. The molecule has 3 nitrogen and oxygen atoms in total. The molecular weight excluding hydrogens is 116 g/mol. The number of hydrogen-bond donors (Lipinski definition) is 0. The normalized spacial score (nSPS) is 7.22. The van der Waals surface area contributed by atoms with Crippen LogP contribution in [0, 0.1) is 6.92 Å². The molecule has 0 aromatic carbocycles.